The molecule has 0 saturated heterocycles. The number of azo groups is 3. The van der Waals surface area contributed by atoms with E-state index in [1.807, 2.05) is 0 Å². The number of nitrogen functional groups attached to an aromatic ring is 1. The average Bonchev–Trinajstić information content (AvgIpc) is 3.18. The predicted octanol–water partition coefficient (Wildman–Crippen LogP) is 10.6. The van der Waals surface area contributed by atoms with Crippen LogP contribution in [0.25, 0.3) is 21.5 Å². The van der Waals surface area contributed by atoms with Crippen LogP contribution < -0.4 is 11.1 Å². The maximum atomic E-state index is 12.2. The van der Waals surface area contributed by atoms with Gasteiger partial charge in [0.2, 0.25) is 5.91 Å². The lowest BCUT2D eigenvalue weighted by atomic mass is 10.1. The van der Waals surface area contributed by atoms with Crippen LogP contribution in [0.5, 0.6) is 11.5 Å². The minimum atomic E-state index is -4.47. The fraction of sp³-hybridized carbons (Fsp3) is 0.0278. The van der Waals surface area contributed by atoms with Crippen molar-refractivity contribution in [1.82, 2.24) is 0 Å². The van der Waals surface area contributed by atoms with E-state index >= 15 is 0 Å². The van der Waals surface area contributed by atoms with E-state index in [4.69, 9.17) is 11.0 Å². The Morgan fingerprint density at radius 1 is 0.695 bits per heavy atom. The first kappa shape index (κ1) is 41.5. The number of amides is 1. The summed E-state index contributed by atoms with van der Waals surface area (Å²) in [6.07, 6.45) is 0. The molecule has 0 saturated carbocycles. The van der Waals surface area contributed by atoms with Gasteiger partial charge in [0, 0.05) is 39.7 Å². The number of phenols is 2. The summed E-state index contributed by atoms with van der Waals surface area (Å²) in [4.78, 5) is 35.4. The number of aromatic carboxylic acids is 2. The van der Waals surface area contributed by atoms with E-state index in [9.17, 15) is 48.5 Å². The third kappa shape index (κ3) is 9.39. The number of hydrogen-bond acceptors (Lipinski definition) is 19. The number of carboxylic acids is 2. The molecule has 302 valence electrons. The molecule has 0 heterocycles. The van der Waals surface area contributed by atoms with Gasteiger partial charge in [-0.2, -0.15) is 0 Å². The largest absolute Gasteiger partial charge is 0.506 e. The van der Waals surface area contributed by atoms with Crippen molar-refractivity contribution in [3.63, 3.8) is 0 Å². The van der Waals surface area contributed by atoms with Gasteiger partial charge < -0.3 is 45.1 Å². The Morgan fingerprint density at radius 3 is 2.02 bits per heavy atom. The van der Waals surface area contributed by atoms with Crippen LogP contribution in [0.15, 0.2) is 125 Å². The van der Waals surface area contributed by atoms with E-state index in [0.717, 1.165) is 30.3 Å². The van der Waals surface area contributed by atoms with Crippen LogP contribution >= 0.6 is 22.9 Å². The lowest BCUT2D eigenvalue weighted by Gasteiger charge is -2.22. The summed E-state index contributed by atoms with van der Waals surface area (Å²) in [5, 5.41) is 81.6. The second-order valence-corrected chi connectivity index (χ2v) is 14.3. The molecule has 1 amide bonds. The van der Waals surface area contributed by atoms with Crippen molar-refractivity contribution in [3.05, 3.63) is 96.1 Å². The first-order valence-electron chi connectivity index (χ1n) is 16.3. The van der Waals surface area contributed by atoms with Crippen molar-refractivity contribution in [2.24, 2.45) is 30.7 Å². The number of carbonyl (C=O) groups excluding carboxylic acids is 1. The van der Waals surface area contributed by atoms with E-state index in [2.05, 4.69) is 45.4 Å². The molecule has 0 unspecified atom stereocenters. The van der Waals surface area contributed by atoms with Crippen molar-refractivity contribution >= 4 is 108 Å². The number of phenolic OH excluding ortho intramolecular Hbond substituents is 2. The quantitative estimate of drug-likeness (QED) is 0.0129. The average molecular weight is 845 g/mol. The maximum Gasteiger partial charge on any atom is 0.337 e. The number of carboxylic acid groups (broad SMARTS) is 2. The zero-order valence-corrected chi connectivity index (χ0v) is 31.4. The highest BCUT2D eigenvalue weighted by molar-refractivity contribution is 8.19. The normalized spacial score (nSPS) is 12.3. The van der Waals surface area contributed by atoms with Crippen LogP contribution in [0.2, 0.25) is 0 Å². The van der Waals surface area contributed by atoms with Gasteiger partial charge in [0.1, 0.15) is 39.4 Å². The van der Waals surface area contributed by atoms with Crippen LogP contribution in [-0.4, -0.2) is 57.2 Å². The molecule has 0 aliphatic rings. The Balaban J connectivity index is 1.41. The van der Waals surface area contributed by atoms with Crippen molar-refractivity contribution in [3.8, 4) is 11.5 Å². The molecule has 6 aromatic rings. The highest BCUT2D eigenvalue weighted by atomic mass is 32.3. The van der Waals surface area contributed by atoms with E-state index in [1.54, 1.807) is 12.1 Å². The fourth-order valence-electron chi connectivity index (χ4n) is 5.52. The second-order valence-electron chi connectivity index (χ2n) is 12.1. The molecular weight excluding hydrogens is 817 g/mol. The minimum absolute atomic E-state index is 0.0229. The molecular formula is C36H28N8O13S2. The van der Waals surface area contributed by atoms with Crippen LogP contribution in [-0.2, 0) is 14.2 Å². The molecule has 11 N–H and O–H groups in total. The van der Waals surface area contributed by atoms with Crippen molar-refractivity contribution in [1.29, 1.82) is 0 Å². The third-order valence-electron chi connectivity index (χ3n) is 8.14. The number of aromatic hydroxyl groups is 2. The fourth-order valence-corrected chi connectivity index (χ4v) is 6.60. The molecule has 21 nitrogen and oxygen atoms in total. The molecule has 0 aromatic heterocycles. The van der Waals surface area contributed by atoms with Crippen LogP contribution in [0.1, 0.15) is 27.6 Å². The Bertz CT molecular complexity index is 2780. The molecule has 23 heteroatoms. The number of nitrogens with zero attached hydrogens (tertiary/aromatic N) is 6. The zero-order valence-electron chi connectivity index (χ0n) is 29.8. The summed E-state index contributed by atoms with van der Waals surface area (Å²) in [6, 6.07) is 18.6. The molecule has 0 aliphatic heterocycles. The maximum absolute atomic E-state index is 12.2. The van der Waals surface area contributed by atoms with Crippen molar-refractivity contribution in [2.45, 2.75) is 16.7 Å². The molecule has 0 radical (unpaired) electrons. The van der Waals surface area contributed by atoms with E-state index in [1.165, 1.54) is 49.4 Å². The molecule has 6 rings (SSSR count). The standard InChI is InChI=1S/C36H28N8O13S2/c1-16(45)38-28-14-30(43-44-33-32(59(53,54)55)12-18-10-19(37)3-6-21(18)34(33)47)31(46)15-29(28)42-39-25-8-9-26(24-13-20(58-57-56-52)4-7-22(24)25)40-41-27-11-17(35(48)49)2-5-23(27)36(50)51/h2-15,46-47,52-55H,37H2,1H3,(H,38,45)(H,48,49)(H,50,51). The minimum Gasteiger partial charge on any atom is -0.506 e. The van der Waals surface area contributed by atoms with Crippen molar-refractivity contribution in [2.75, 3.05) is 11.1 Å². The summed E-state index contributed by atoms with van der Waals surface area (Å²) < 4.78 is 34.9. The second kappa shape index (κ2) is 17.2. The molecule has 0 spiro atoms. The zero-order chi connectivity index (χ0) is 42.6. The van der Waals surface area contributed by atoms with Gasteiger partial charge in [0.25, 0.3) is 0 Å². The highest BCUT2D eigenvalue weighted by Gasteiger charge is 2.26. The number of benzene rings is 6. The summed E-state index contributed by atoms with van der Waals surface area (Å²) in [6.45, 7) is 1.20. The van der Waals surface area contributed by atoms with Crippen molar-refractivity contribution < 1.29 is 63.1 Å². The Hall–Kier alpha value is -7.09. The number of rotatable bonds is 13. The number of anilines is 2. The molecule has 0 fully saturated rings. The Morgan fingerprint density at radius 2 is 1.36 bits per heavy atom. The molecule has 0 aliphatic carbocycles. The SMILES string of the molecule is CC(=O)Nc1cc(N=Nc2c(S(O)(O)O)cc3cc(N)ccc3c2O)c(O)cc1N=Nc1ccc(N=Nc2cc(C(=O)O)ccc2C(=O)O)c2cc(SOOO)ccc12. The molecule has 59 heavy (non-hydrogen) atoms. The van der Waals surface area contributed by atoms with Crippen LogP contribution in [0.4, 0.5) is 45.5 Å². The Labute approximate surface area is 336 Å². The third-order valence-corrected chi connectivity index (χ3v) is 9.62. The lowest BCUT2D eigenvalue weighted by Crippen LogP contribution is -2.05. The van der Waals surface area contributed by atoms with Gasteiger partial charge in [-0.05, 0) is 78.2 Å². The molecule has 6 aromatic carbocycles. The first-order chi connectivity index (χ1) is 28.0. The lowest BCUT2D eigenvalue weighted by molar-refractivity contribution is -0.432. The van der Waals surface area contributed by atoms with Crippen LogP contribution in [0.3, 0.4) is 0 Å². The van der Waals surface area contributed by atoms with Crippen LogP contribution in [0, 0.1) is 0 Å². The van der Waals surface area contributed by atoms with Gasteiger partial charge in [-0.3, -0.25) is 4.79 Å². The number of hydrogen-bond donors (Lipinski definition) is 10. The van der Waals surface area contributed by atoms with Gasteiger partial charge in [-0.15, -0.1) is 35.0 Å². The predicted molar refractivity (Wildman–Crippen MR) is 214 cm³/mol. The van der Waals surface area contributed by atoms with Gasteiger partial charge in [-0.1, -0.05) is 11.1 Å². The van der Waals surface area contributed by atoms with E-state index < -0.39 is 50.8 Å². The summed E-state index contributed by atoms with van der Waals surface area (Å²) in [5.74, 6) is -4.38. The summed E-state index contributed by atoms with van der Waals surface area (Å²) in [7, 11) is -4.47. The monoisotopic (exact) mass is 844 g/mol. The smallest absolute Gasteiger partial charge is 0.337 e. The summed E-state index contributed by atoms with van der Waals surface area (Å²) in [5.41, 5.74) is 4.77. The topological polar surface area (TPSA) is 344 Å². The molecule has 0 atom stereocenters. The number of carbonyl (C=O) groups is 3. The number of nitrogens with one attached hydrogen (secondary N) is 1. The van der Waals surface area contributed by atoms with E-state index in [0.29, 0.717) is 33.4 Å². The number of fused-ring (bicyclic) bond motifs is 2. The van der Waals surface area contributed by atoms with Gasteiger partial charge >= 0.3 is 11.9 Å². The Kier molecular flexibility index (Phi) is 12.1. The summed E-state index contributed by atoms with van der Waals surface area (Å²) >= 11 is 0.622. The van der Waals surface area contributed by atoms with E-state index in [-0.39, 0.29) is 56.0 Å². The highest BCUT2D eigenvalue weighted by Crippen LogP contribution is 2.54. The number of nitrogens with two attached hydrogens (primary N) is 1. The molecule has 0 bridgehead atoms. The van der Waals surface area contributed by atoms with Gasteiger partial charge in [0.05, 0.1) is 45.1 Å². The van der Waals surface area contributed by atoms with Gasteiger partial charge in [-0.25, -0.2) is 14.8 Å². The van der Waals surface area contributed by atoms with Gasteiger partial charge in [0.15, 0.2) is 5.75 Å². The first-order valence-corrected chi connectivity index (χ1v) is 18.6.